The highest BCUT2D eigenvalue weighted by atomic mass is 16.4. The van der Waals surface area contributed by atoms with Gasteiger partial charge in [-0.2, -0.15) is 0 Å². The van der Waals surface area contributed by atoms with Gasteiger partial charge < -0.3 is 5.11 Å². The lowest BCUT2D eigenvalue weighted by Crippen LogP contribution is -2.22. The predicted molar refractivity (Wildman–Crippen MR) is 29.9 cm³/mol. The van der Waals surface area contributed by atoms with E-state index in [1.807, 2.05) is 6.92 Å². The third kappa shape index (κ3) is 3.46. The summed E-state index contributed by atoms with van der Waals surface area (Å²) in [6.07, 6.45) is -0.286. The second-order valence-corrected chi connectivity index (χ2v) is 1.67. The Balaban J connectivity index is 3.24. The summed E-state index contributed by atoms with van der Waals surface area (Å²) in [6, 6.07) is -0.0486. The van der Waals surface area contributed by atoms with Crippen LogP contribution in [0.5, 0.6) is 0 Å². The quantitative estimate of drug-likeness (QED) is 0.586. The molecule has 0 aromatic heterocycles. The SMILES string of the molecule is CCC(C)[N]C(=O)O. The molecule has 0 aromatic carbocycles. The molecule has 0 aromatic rings. The average molecular weight is 116 g/mol. The van der Waals surface area contributed by atoms with E-state index < -0.39 is 6.09 Å². The number of carbonyl (C=O) groups is 1. The van der Waals surface area contributed by atoms with Gasteiger partial charge >= 0.3 is 6.09 Å². The molecule has 1 amide bonds. The molecule has 0 rings (SSSR count). The van der Waals surface area contributed by atoms with Crippen molar-refractivity contribution in [3.63, 3.8) is 0 Å². The zero-order valence-electron chi connectivity index (χ0n) is 5.09. The highest BCUT2D eigenvalue weighted by molar-refractivity contribution is 5.64. The molecule has 1 unspecified atom stereocenters. The molecule has 3 nitrogen and oxygen atoms in total. The second-order valence-electron chi connectivity index (χ2n) is 1.67. The summed E-state index contributed by atoms with van der Waals surface area (Å²) < 4.78 is 0. The van der Waals surface area contributed by atoms with E-state index >= 15 is 0 Å². The first-order valence-corrected chi connectivity index (χ1v) is 2.60. The summed E-state index contributed by atoms with van der Waals surface area (Å²) >= 11 is 0. The third-order valence-electron chi connectivity index (χ3n) is 0.922. The van der Waals surface area contributed by atoms with Crippen LogP contribution >= 0.6 is 0 Å². The van der Waals surface area contributed by atoms with Crippen LogP contribution in [-0.4, -0.2) is 17.2 Å². The van der Waals surface area contributed by atoms with Crippen LogP contribution in [0.4, 0.5) is 4.79 Å². The van der Waals surface area contributed by atoms with Crippen molar-refractivity contribution < 1.29 is 9.90 Å². The summed E-state index contributed by atoms with van der Waals surface area (Å²) in [5.41, 5.74) is 0. The van der Waals surface area contributed by atoms with Gasteiger partial charge in [-0.15, -0.1) is 0 Å². The fourth-order valence-electron chi connectivity index (χ4n) is 0.280. The Labute approximate surface area is 48.7 Å². The summed E-state index contributed by atoms with van der Waals surface area (Å²) in [5.74, 6) is 0. The molecule has 0 saturated carbocycles. The van der Waals surface area contributed by atoms with Gasteiger partial charge in [0, 0.05) is 0 Å². The van der Waals surface area contributed by atoms with Crippen molar-refractivity contribution in [1.82, 2.24) is 5.32 Å². The van der Waals surface area contributed by atoms with Crippen molar-refractivity contribution in [2.75, 3.05) is 0 Å². The van der Waals surface area contributed by atoms with Crippen LogP contribution < -0.4 is 5.32 Å². The van der Waals surface area contributed by atoms with Gasteiger partial charge in [0.1, 0.15) is 0 Å². The van der Waals surface area contributed by atoms with Gasteiger partial charge in [0.2, 0.25) is 0 Å². The number of hydrogen-bond donors (Lipinski definition) is 1. The summed E-state index contributed by atoms with van der Waals surface area (Å²) in [6.45, 7) is 3.67. The summed E-state index contributed by atoms with van der Waals surface area (Å²) in [5, 5.41) is 11.4. The molecular weight excluding hydrogens is 106 g/mol. The van der Waals surface area contributed by atoms with E-state index in [4.69, 9.17) is 5.11 Å². The molecule has 0 fully saturated rings. The van der Waals surface area contributed by atoms with E-state index in [0.717, 1.165) is 6.42 Å². The summed E-state index contributed by atoms with van der Waals surface area (Å²) in [7, 11) is 0. The highest BCUT2D eigenvalue weighted by Crippen LogP contribution is 1.87. The van der Waals surface area contributed by atoms with E-state index in [-0.39, 0.29) is 6.04 Å². The molecule has 1 radical (unpaired) electrons. The van der Waals surface area contributed by atoms with E-state index in [1.165, 1.54) is 0 Å². The molecule has 1 N–H and O–H groups in total. The van der Waals surface area contributed by atoms with Crippen molar-refractivity contribution in [2.45, 2.75) is 26.3 Å². The minimum atomic E-state index is -1.07. The first-order chi connectivity index (χ1) is 3.66. The van der Waals surface area contributed by atoms with Crippen molar-refractivity contribution >= 4 is 6.09 Å². The highest BCUT2D eigenvalue weighted by Gasteiger charge is 2.02. The Morgan fingerprint density at radius 3 is 2.50 bits per heavy atom. The van der Waals surface area contributed by atoms with Gasteiger partial charge in [-0.05, 0) is 13.3 Å². The van der Waals surface area contributed by atoms with Gasteiger partial charge in [-0.25, -0.2) is 10.1 Å². The van der Waals surface area contributed by atoms with E-state index in [1.54, 1.807) is 6.92 Å². The molecule has 0 bridgehead atoms. The summed E-state index contributed by atoms with van der Waals surface area (Å²) in [4.78, 5) is 9.80. The molecule has 0 spiro atoms. The van der Waals surface area contributed by atoms with Crippen LogP contribution in [0, 0.1) is 0 Å². The van der Waals surface area contributed by atoms with Gasteiger partial charge in [-0.1, -0.05) is 6.92 Å². The molecule has 0 aliphatic rings. The maximum atomic E-state index is 9.80. The average Bonchev–Trinajstić information content (AvgIpc) is 1.65. The second kappa shape index (κ2) is 3.29. The Kier molecular flexibility index (Phi) is 2.99. The van der Waals surface area contributed by atoms with Crippen molar-refractivity contribution in [3.8, 4) is 0 Å². The lowest BCUT2D eigenvalue weighted by Gasteiger charge is -2.01. The fraction of sp³-hybridized carbons (Fsp3) is 0.800. The Morgan fingerprint density at radius 2 is 2.38 bits per heavy atom. The molecule has 1 atom stereocenters. The molecule has 0 saturated heterocycles. The van der Waals surface area contributed by atoms with Crippen LogP contribution in [0.1, 0.15) is 20.3 Å². The van der Waals surface area contributed by atoms with E-state index in [9.17, 15) is 4.79 Å². The van der Waals surface area contributed by atoms with Crippen LogP contribution in [0.2, 0.25) is 0 Å². The minimum absolute atomic E-state index is 0.0486. The zero-order chi connectivity index (χ0) is 6.57. The van der Waals surface area contributed by atoms with Gasteiger partial charge in [-0.3, -0.25) is 0 Å². The van der Waals surface area contributed by atoms with E-state index in [2.05, 4.69) is 5.32 Å². The monoisotopic (exact) mass is 116 g/mol. The Morgan fingerprint density at radius 1 is 1.88 bits per heavy atom. The largest absolute Gasteiger partial charge is 0.464 e. The molecule has 8 heavy (non-hydrogen) atoms. The first-order valence-electron chi connectivity index (χ1n) is 2.60. The van der Waals surface area contributed by atoms with Crippen LogP contribution in [-0.2, 0) is 0 Å². The Bertz CT molecular complexity index is 82.5. The zero-order valence-corrected chi connectivity index (χ0v) is 5.09. The van der Waals surface area contributed by atoms with Crippen molar-refractivity contribution in [3.05, 3.63) is 0 Å². The molecule has 0 aliphatic carbocycles. The maximum absolute atomic E-state index is 9.80. The fourth-order valence-corrected chi connectivity index (χ4v) is 0.280. The van der Waals surface area contributed by atoms with Crippen molar-refractivity contribution in [1.29, 1.82) is 0 Å². The van der Waals surface area contributed by atoms with Gasteiger partial charge in [0.05, 0.1) is 6.04 Å². The van der Waals surface area contributed by atoms with Crippen molar-refractivity contribution in [2.24, 2.45) is 0 Å². The maximum Gasteiger partial charge on any atom is 0.426 e. The van der Waals surface area contributed by atoms with E-state index in [0.29, 0.717) is 0 Å². The molecule has 47 valence electrons. The first kappa shape index (κ1) is 7.27. The van der Waals surface area contributed by atoms with Gasteiger partial charge in [0.25, 0.3) is 0 Å². The van der Waals surface area contributed by atoms with Crippen LogP contribution in [0.25, 0.3) is 0 Å². The van der Waals surface area contributed by atoms with Crippen LogP contribution in [0.3, 0.4) is 0 Å². The molecule has 0 heterocycles. The standard InChI is InChI=1S/C5H10NO2/c1-3-4(2)6-5(7)8/h4H,3H2,1-2H3,(H,7,8). The van der Waals surface area contributed by atoms with Crippen LogP contribution in [0.15, 0.2) is 0 Å². The minimum Gasteiger partial charge on any atom is -0.464 e. The lowest BCUT2D eigenvalue weighted by molar-refractivity contribution is 0.189. The predicted octanol–water partition coefficient (Wildman–Crippen LogP) is 1.07. The Hall–Kier alpha value is -0.730. The number of amides is 1. The topological polar surface area (TPSA) is 51.4 Å². The number of rotatable bonds is 2. The molecular formula is C5H10NO2. The van der Waals surface area contributed by atoms with Gasteiger partial charge in [0.15, 0.2) is 0 Å². The number of carboxylic acid groups (broad SMARTS) is 1. The normalized spacial score (nSPS) is 12.8. The smallest absolute Gasteiger partial charge is 0.426 e. The lowest BCUT2D eigenvalue weighted by atomic mass is 10.3. The number of hydrogen-bond acceptors (Lipinski definition) is 1. The number of nitrogens with zero attached hydrogens (tertiary/aromatic N) is 1. The third-order valence-corrected chi connectivity index (χ3v) is 0.922. The molecule has 0 aliphatic heterocycles. The molecule has 3 heteroatoms.